The Bertz CT molecular complexity index is 548. The van der Waals surface area contributed by atoms with Gasteiger partial charge in [0.05, 0.1) is 13.2 Å². The van der Waals surface area contributed by atoms with Crippen LogP contribution in [-0.2, 0) is 14.3 Å². The van der Waals surface area contributed by atoms with Crippen molar-refractivity contribution in [2.45, 2.75) is 13.0 Å². The summed E-state index contributed by atoms with van der Waals surface area (Å²) in [6.07, 6.45) is 0. The molecule has 1 aliphatic heterocycles. The van der Waals surface area contributed by atoms with Crippen LogP contribution in [0.25, 0.3) is 0 Å². The molecule has 1 aromatic carbocycles. The first kappa shape index (κ1) is 15.6. The van der Waals surface area contributed by atoms with Crippen molar-refractivity contribution in [1.82, 2.24) is 4.90 Å². The van der Waals surface area contributed by atoms with Gasteiger partial charge >= 0.3 is 5.97 Å². The summed E-state index contributed by atoms with van der Waals surface area (Å²) in [5, 5.41) is 9.64. The third-order valence-electron chi connectivity index (χ3n) is 3.30. The van der Waals surface area contributed by atoms with E-state index in [1.165, 1.54) is 4.90 Å². The third kappa shape index (κ3) is 3.65. The molecule has 0 unspecified atom stereocenters. The van der Waals surface area contributed by atoms with Crippen LogP contribution in [0.2, 0.25) is 5.02 Å². The Morgan fingerprint density at radius 1 is 1.52 bits per heavy atom. The first-order chi connectivity index (χ1) is 10.0. The molecule has 1 fully saturated rings. The minimum absolute atomic E-state index is 0.00271. The zero-order valence-electron chi connectivity index (χ0n) is 11.5. The first-order valence-corrected chi connectivity index (χ1v) is 6.86. The Morgan fingerprint density at radius 2 is 2.29 bits per heavy atom. The number of amides is 1. The number of ether oxygens (including phenoxy) is 2. The van der Waals surface area contributed by atoms with Crippen molar-refractivity contribution in [1.29, 1.82) is 0 Å². The van der Waals surface area contributed by atoms with Gasteiger partial charge in [0, 0.05) is 17.1 Å². The maximum atomic E-state index is 12.1. The Morgan fingerprint density at radius 3 is 3.00 bits per heavy atom. The molecule has 7 heteroatoms. The number of nitrogens with zero attached hydrogens (tertiary/aromatic N) is 1. The molecule has 0 saturated carbocycles. The van der Waals surface area contributed by atoms with E-state index in [0.29, 0.717) is 17.4 Å². The van der Waals surface area contributed by atoms with Crippen LogP contribution >= 0.6 is 11.6 Å². The third-order valence-corrected chi connectivity index (χ3v) is 3.71. The molecule has 1 aromatic rings. The zero-order valence-corrected chi connectivity index (χ0v) is 12.3. The molecule has 1 N–H and O–H groups in total. The van der Waals surface area contributed by atoms with E-state index < -0.39 is 12.0 Å². The summed E-state index contributed by atoms with van der Waals surface area (Å²) in [5.74, 6) is -0.956. The second-order valence-corrected chi connectivity index (χ2v) is 5.07. The maximum absolute atomic E-state index is 12.1. The average molecular weight is 314 g/mol. The van der Waals surface area contributed by atoms with E-state index in [9.17, 15) is 9.59 Å². The van der Waals surface area contributed by atoms with Gasteiger partial charge in [0.2, 0.25) is 0 Å². The lowest BCUT2D eigenvalue weighted by Crippen LogP contribution is -2.53. The van der Waals surface area contributed by atoms with Crippen LogP contribution in [0, 0.1) is 6.92 Å². The number of aliphatic carboxylic acids is 1. The van der Waals surface area contributed by atoms with Gasteiger partial charge in [-0.2, -0.15) is 0 Å². The van der Waals surface area contributed by atoms with Gasteiger partial charge < -0.3 is 19.5 Å². The highest BCUT2D eigenvalue weighted by atomic mass is 35.5. The van der Waals surface area contributed by atoms with Crippen molar-refractivity contribution < 1.29 is 24.2 Å². The van der Waals surface area contributed by atoms with E-state index in [0.717, 1.165) is 5.56 Å². The van der Waals surface area contributed by atoms with Crippen LogP contribution in [0.5, 0.6) is 5.75 Å². The van der Waals surface area contributed by atoms with Crippen molar-refractivity contribution in [2.75, 3.05) is 26.4 Å². The number of hydrogen-bond acceptors (Lipinski definition) is 4. The van der Waals surface area contributed by atoms with E-state index in [2.05, 4.69) is 0 Å². The van der Waals surface area contributed by atoms with E-state index >= 15 is 0 Å². The fourth-order valence-corrected chi connectivity index (χ4v) is 2.24. The van der Waals surface area contributed by atoms with E-state index in [1.54, 1.807) is 25.1 Å². The quantitative estimate of drug-likeness (QED) is 0.908. The molecule has 0 spiro atoms. The van der Waals surface area contributed by atoms with Crippen molar-refractivity contribution >= 4 is 23.5 Å². The van der Waals surface area contributed by atoms with Gasteiger partial charge in [-0.1, -0.05) is 17.7 Å². The fourth-order valence-electron chi connectivity index (χ4n) is 2.07. The standard InChI is InChI=1S/C14H16ClNO5/c1-9-10(15)3-2-4-12(9)21-8-13(17)16-5-6-20-7-11(16)14(18)19/h2-4,11H,5-8H2,1H3,(H,18,19)/t11-/m1/s1. The molecular weight excluding hydrogens is 298 g/mol. The van der Waals surface area contributed by atoms with Crippen molar-refractivity contribution in [2.24, 2.45) is 0 Å². The lowest BCUT2D eigenvalue weighted by molar-refractivity contribution is -0.159. The van der Waals surface area contributed by atoms with Crippen LogP contribution in [0.1, 0.15) is 5.56 Å². The maximum Gasteiger partial charge on any atom is 0.328 e. The fraction of sp³-hybridized carbons (Fsp3) is 0.429. The predicted molar refractivity (Wildman–Crippen MR) is 75.6 cm³/mol. The molecule has 1 amide bonds. The number of hydrogen-bond donors (Lipinski definition) is 1. The highest BCUT2D eigenvalue weighted by Crippen LogP contribution is 2.25. The van der Waals surface area contributed by atoms with E-state index in [4.69, 9.17) is 26.2 Å². The second-order valence-electron chi connectivity index (χ2n) is 4.67. The lowest BCUT2D eigenvalue weighted by Gasteiger charge is -2.32. The van der Waals surface area contributed by atoms with Crippen molar-refractivity contribution in [3.8, 4) is 5.75 Å². The number of carboxylic acid groups (broad SMARTS) is 1. The molecule has 1 aliphatic rings. The number of rotatable bonds is 4. The summed E-state index contributed by atoms with van der Waals surface area (Å²) in [4.78, 5) is 24.5. The number of carbonyl (C=O) groups is 2. The van der Waals surface area contributed by atoms with Gasteiger partial charge in [0.15, 0.2) is 12.6 Å². The van der Waals surface area contributed by atoms with Gasteiger partial charge in [-0.15, -0.1) is 0 Å². The van der Waals surface area contributed by atoms with Crippen molar-refractivity contribution in [3.05, 3.63) is 28.8 Å². The van der Waals surface area contributed by atoms with Gasteiger partial charge in [-0.3, -0.25) is 4.79 Å². The molecule has 0 aliphatic carbocycles. The van der Waals surface area contributed by atoms with Crippen LogP contribution in [-0.4, -0.2) is 54.3 Å². The van der Waals surface area contributed by atoms with E-state index in [-0.39, 0.29) is 25.7 Å². The molecular formula is C14H16ClNO5. The predicted octanol–water partition coefficient (Wildman–Crippen LogP) is 1.34. The monoisotopic (exact) mass is 313 g/mol. The summed E-state index contributed by atoms with van der Waals surface area (Å²) in [6, 6.07) is 4.20. The number of morpholine rings is 1. The Balaban J connectivity index is 2.00. The number of benzene rings is 1. The molecule has 114 valence electrons. The molecule has 0 aromatic heterocycles. The summed E-state index contributed by atoms with van der Waals surface area (Å²) in [7, 11) is 0. The smallest absolute Gasteiger partial charge is 0.328 e. The molecule has 1 atom stereocenters. The Labute approximate surface area is 127 Å². The van der Waals surface area contributed by atoms with Crippen LogP contribution < -0.4 is 4.74 Å². The summed E-state index contributed by atoms with van der Waals surface area (Å²) in [5.41, 5.74) is 0.740. The summed E-state index contributed by atoms with van der Waals surface area (Å²) < 4.78 is 10.5. The number of carboxylic acids is 1. The molecule has 21 heavy (non-hydrogen) atoms. The van der Waals surface area contributed by atoms with Gasteiger partial charge in [0.1, 0.15) is 5.75 Å². The number of halogens is 1. The highest BCUT2D eigenvalue weighted by Gasteiger charge is 2.32. The first-order valence-electron chi connectivity index (χ1n) is 6.48. The molecule has 1 heterocycles. The molecule has 1 saturated heterocycles. The molecule has 6 nitrogen and oxygen atoms in total. The SMILES string of the molecule is Cc1c(Cl)cccc1OCC(=O)N1CCOC[C@@H]1C(=O)O. The zero-order chi connectivity index (χ0) is 15.4. The molecule has 0 bridgehead atoms. The number of carbonyl (C=O) groups excluding carboxylic acids is 1. The van der Waals surface area contributed by atoms with Gasteiger partial charge in [-0.25, -0.2) is 4.79 Å². The molecule has 2 rings (SSSR count). The van der Waals surface area contributed by atoms with Crippen LogP contribution in [0.3, 0.4) is 0 Å². The Kier molecular flexibility index (Phi) is 5.03. The average Bonchev–Trinajstić information content (AvgIpc) is 2.48. The van der Waals surface area contributed by atoms with Gasteiger partial charge in [-0.05, 0) is 19.1 Å². The van der Waals surface area contributed by atoms with Gasteiger partial charge in [0.25, 0.3) is 5.91 Å². The normalized spacial score (nSPS) is 18.4. The van der Waals surface area contributed by atoms with Crippen LogP contribution in [0.15, 0.2) is 18.2 Å². The minimum atomic E-state index is -1.08. The Hall–Kier alpha value is -1.79. The largest absolute Gasteiger partial charge is 0.483 e. The van der Waals surface area contributed by atoms with E-state index in [1.807, 2.05) is 0 Å². The summed E-state index contributed by atoms with van der Waals surface area (Å²) >= 11 is 5.97. The van der Waals surface area contributed by atoms with Crippen molar-refractivity contribution in [3.63, 3.8) is 0 Å². The molecule has 0 radical (unpaired) electrons. The highest BCUT2D eigenvalue weighted by molar-refractivity contribution is 6.31. The lowest BCUT2D eigenvalue weighted by atomic mass is 10.2. The topological polar surface area (TPSA) is 76.1 Å². The summed E-state index contributed by atoms with van der Waals surface area (Å²) in [6.45, 7) is 2.12. The minimum Gasteiger partial charge on any atom is -0.483 e. The van der Waals surface area contributed by atoms with Crippen LogP contribution in [0.4, 0.5) is 0 Å². The second kappa shape index (κ2) is 6.78.